The van der Waals surface area contributed by atoms with Crippen LogP contribution < -0.4 is 5.32 Å². The van der Waals surface area contributed by atoms with Crippen molar-refractivity contribution in [2.45, 2.75) is 31.9 Å². The van der Waals surface area contributed by atoms with Crippen molar-refractivity contribution in [2.75, 3.05) is 6.54 Å². The lowest BCUT2D eigenvalue weighted by molar-refractivity contribution is 0.0763. The summed E-state index contributed by atoms with van der Waals surface area (Å²) in [6.07, 6.45) is 4.45. The summed E-state index contributed by atoms with van der Waals surface area (Å²) in [4.78, 5) is 4.16. The van der Waals surface area contributed by atoms with Crippen LogP contribution in [0.3, 0.4) is 0 Å². The molecule has 1 heterocycles. The maximum absolute atomic E-state index is 9.93. The maximum atomic E-state index is 9.93. The fourth-order valence-corrected chi connectivity index (χ4v) is 2.26. The molecule has 0 saturated heterocycles. The van der Waals surface area contributed by atoms with Crippen LogP contribution in [0.5, 0.6) is 0 Å². The number of aromatic nitrogens is 1. The minimum absolute atomic E-state index is 0.109. The van der Waals surface area contributed by atoms with Crippen LogP contribution in [0.4, 0.5) is 0 Å². The Labute approximate surface area is 131 Å². The predicted octanol–water partition coefficient (Wildman–Crippen LogP) is 3.38. The Morgan fingerprint density at radius 3 is 2.52 bits per heavy atom. The van der Waals surface area contributed by atoms with E-state index in [9.17, 15) is 5.11 Å². The van der Waals surface area contributed by atoms with Gasteiger partial charge in [0.1, 0.15) is 0 Å². The van der Waals surface area contributed by atoms with Gasteiger partial charge in [-0.15, -0.1) is 0 Å². The van der Waals surface area contributed by atoms with Gasteiger partial charge in [0.2, 0.25) is 0 Å². The van der Waals surface area contributed by atoms with E-state index in [1.165, 1.54) is 0 Å². The molecule has 0 aliphatic heterocycles. The molecule has 0 spiro atoms. The number of nitrogens with one attached hydrogen (secondary N) is 1. The van der Waals surface area contributed by atoms with Gasteiger partial charge in [-0.1, -0.05) is 29.8 Å². The van der Waals surface area contributed by atoms with Gasteiger partial charge in [0.25, 0.3) is 0 Å². The molecule has 0 saturated carbocycles. The van der Waals surface area contributed by atoms with E-state index < -0.39 is 5.60 Å². The molecule has 2 aromatic rings. The Morgan fingerprint density at radius 1 is 1.24 bits per heavy atom. The van der Waals surface area contributed by atoms with Gasteiger partial charge in [-0.3, -0.25) is 4.98 Å². The van der Waals surface area contributed by atoms with Crippen LogP contribution in [-0.4, -0.2) is 22.2 Å². The highest BCUT2D eigenvalue weighted by Crippen LogP contribution is 2.21. The van der Waals surface area contributed by atoms with Crippen LogP contribution >= 0.6 is 11.6 Å². The fourth-order valence-electron chi connectivity index (χ4n) is 2.13. The van der Waals surface area contributed by atoms with E-state index in [4.69, 9.17) is 11.6 Å². The van der Waals surface area contributed by atoms with Crippen LogP contribution in [0.2, 0.25) is 5.02 Å². The number of benzene rings is 1. The highest BCUT2D eigenvalue weighted by Gasteiger charge is 2.17. The van der Waals surface area contributed by atoms with Gasteiger partial charge in [0, 0.05) is 30.0 Å². The fraction of sp³-hybridized carbons (Fsp3) is 0.353. The molecule has 1 aromatic carbocycles. The zero-order valence-corrected chi connectivity index (χ0v) is 13.1. The molecule has 0 bridgehead atoms. The van der Waals surface area contributed by atoms with Crippen molar-refractivity contribution < 1.29 is 5.11 Å². The van der Waals surface area contributed by atoms with E-state index in [2.05, 4.69) is 16.4 Å². The number of rotatable bonds is 6. The number of hydrogen-bond acceptors (Lipinski definition) is 3. The number of hydrogen-bond donors (Lipinski definition) is 2. The lowest BCUT2D eigenvalue weighted by Gasteiger charge is -2.24. The van der Waals surface area contributed by atoms with Crippen LogP contribution in [0, 0.1) is 0 Å². The van der Waals surface area contributed by atoms with E-state index in [-0.39, 0.29) is 6.04 Å². The summed E-state index contributed by atoms with van der Waals surface area (Å²) in [6.45, 7) is 4.10. The molecule has 21 heavy (non-hydrogen) atoms. The van der Waals surface area contributed by atoms with Crippen molar-refractivity contribution in [1.29, 1.82) is 0 Å². The Kier molecular flexibility index (Phi) is 5.34. The van der Waals surface area contributed by atoms with Gasteiger partial charge in [-0.25, -0.2) is 0 Å². The second-order valence-electron chi connectivity index (χ2n) is 5.86. The van der Waals surface area contributed by atoms with Gasteiger partial charge in [0.05, 0.1) is 5.60 Å². The minimum Gasteiger partial charge on any atom is -0.389 e. The Morgan fingerprint density at radius 2 is 1.95 bits per heavy atom. The zero-order valence-electron chi connectivity index (χ0n) is 12.4. The standard InChI is InChI=1S/C17H21ClN2O/c1-17(2,21)12-20-16(10-13-4-3-9-19-11-13)14-5-7-15(18)8-6-14/h3-9,11,16,20-21H,10,12H2,1-2H3. The Bertz CT molecular complexity index is 549. The molecular formula is C17H21ClN2O. The quantitative estimate of drug-likeness (QED) is 0.860. The zero-order chi connectivity index (χ0) is 15.3. The van der Waals surface area contributed by atoms with E-state index in [1.54, 1.807) is 20.0 Å². The molecule has 0 amide bonds. The molecule has 112 valence electrons. The topological polar surface area (TPSA) is 45.1 Å². The maximum Gasteiger partial charge on any atom is 0.0715 e. The summed E-state index contributed by atoms with van der Waals surface area (Å²) in [5.74, 6) is 0. The first kappa shape index (κ1) is 16.0. The molecule has 2 N–H and O–H groups in total. The van der Waals surface area contributed by atoms with Gasteiger partial charge >= 0.3 is 0 Å². The van der Waals surface area contributed by atoms with Gasteiger partial charge in [-0.05, 0) is 49.6 Å². The summed E-state index contributed by atoms with van der Waals surface area (Å²) in [7, 11) is 0. The second kappa shape index (κ2) is 7.03. The van der Waals surface area contributed by atoms with Crippen molar-refractivity contribution in [3.63, 3.8) is 0 Å². The minimum atomic E-state index is -0.750. The summed E-state index contributed by atoms with van der Waals surface area (Å²) in [6, 6.07) is 11.9. The lowest BCUT2D eigenvalue weighted by Crippen LogP contribution is -2.37. The average Bonchev–Trinajstić information content (AvgIpc) is 2.45. The van der Waals surface area contributed by atoms with Gasteiger partial charge < -0.3 is 10.4 Å². The first-order valence-electron chi connectivity index (χ1n) is 7.04. The number of pyridine rings is 1. The Hall–Kier alpha value is -1.42. The molecule has 3 nitrogen and oxygen atoms in total. The van der Waals surface area contributed by atoms with E-state index in [0.717, 1.165) is 22.6 Å². The van der Waals surface area contributed by atoms with E-state index >= 15 is 0 Å². The molecule has 0 aliphatic carbocycles. The number of nitrogens with zero attached hydrogens (tertiary/aromatic N) is 1. The normalized spacial score (nSPS) is 13.1. The molecule has 4 heteroatoms. The third-order valence-corrected chi connectivity index (χ3v) is 3.47. The van der Waals surface area contributed by atoms with Gasteiger partial charge in [-0.2, -0.15) is 0 Å². The SMILES string of the molecule is CC(C)(O)CNC(Cc1cccnc1)c1ccc(Cl)cc1. The average molecular weight is 305 g/mol. The summed E-state index contributed by atoms with van der Waals surface area (Å²) < 4.78 is 0. The smallest absolute Gasteiger partial charge is 0.0715 e. The summed E-state index contributed by atoms with van der Waals surface area (Å²) in [5.41, 5.74) is 1.55. The first-order valence-corrected chi connectivity index (χ1v) is 7.42. The van der Waals surface area contributed by atoms with Crippen molar-refractivity contribution in [3.8, 4) is 0 Å². The molecule has 0 fully saturated rings. The first-order chi connectivity index (χ1) is 9.94. The monoisotopic (exact) mass is 304 g/mol. The summed E-state index contributed by atoms with van der Waals surface area (Å²) >= 11 is 5.96. The third kappa shape index (κ3) is 5.46. The molecule has 1 unspecified atom stereocenters. The van der Waals surface area contributed by atoms with Crippen LogP contribution in [0.1, 0.15) is 31.0 Å². The predicted molar refractivity (Wildman–Crippen MR) is 86.4 cm³/mol. The third-order valence-electron chi connectivity index (χ3n) is 3.22. The van der Waals surface area contributed by atoms with Crippen molar-refractivity contribution in [3.05, 3.63) is 64.9 Å². The molecule has 1 aromatic heterocycles. The molecule has 2 rings (SSSR count). The molecule has 1 atom stereocenters. The highest BCUT2D eigenvalue weighted by atomic mass is 35.5. The number of halogens is 1. The van der Waals surface area contributed by atoms with E-state index in [0.29, 0.717) is 6.54 Å². The highest BCUT2D eigenvalue weighted by molar-refractivity contribution is 6.30. The van der Waals surface area contributed by atoms with Gasteiger partial charge in [0.15, 0.2) is 0 Å². The van der Waals surface area contributed by atoms with Crippen molar-refractivity contribution in [1.82, 2.24) is 10.3 Å². The van der Waals surface area contributed by atoms with Crippen LogP contribution in [-0.2, 0) is 6.42 Å². The Balaban J connectivity index is 2.15. The van der Waals surface area contributed by atoms with Crippen LogP contribution in [0.25, 0.3) is 0 Å². The largest absolute Gasteiger partial charge is 0.389 e. The number of aliphatic hydroxyl groups is 1. The second-order valence-corrected chi connectivity index (χ2v) is 6.30. The molecular weight excluding hydrogens is 284 g/mol. The van der Waals surface area contributed by atoms with E-state index in [1.807, 2.05) is 36.5 Å². The summed E-state index contributed by atoms with van der Waals surface area (Å²) in [5, 5.41) is 14.1. The van der Waals surface area contributed by atoms with Crippen molar-refractivity contribution in [2.24, 2.45) is 0 Å². The molecule has 0 aliphatic rings. The van der Waals surface area contributed by atoms with Crippen molar-refractivity contribution >= 4 is 11.6 Å². The van der Waals surface area contributed by atoms with Crippen LogP contribution in [0.15, 0.2) is 48.8 Å². The lowest BCUT2D eigenvalue weighted by atomic mass is 9.98. The molecule has 0 radical (unpaired) electrons.